The Bertz CT molecular complexity index is 1200. The molecule has 0 aromatic heterocycles. The summed E-state index contributed by atoms with van der Waals surface area (Å²) < 4.78 is 5.41. The predicted octanol–water partition coefficient (Wildman–Crippen LogP) is 5.47. The lowest BCUT2D eigenvalue weighted by molar-refractivity contribution is -0.141. The average molecular weight is 567 g/mol. The Hall–Kier alpha value is -3.88. The third-order valence-corrected chi connectivity index (χ3v) is 6.73. The van der Waals surface area contributed by atoms with Crippen LogP contribution in [-0.2, 0) is 19.1 Å². The monoisotopic (exact) mass is 566 g/mol. The van der Waals surface area contributed by atoms with E-state index in [0.717, 1.165) is 29.5 Å². The Labute approximate surface area is 244 Å². The molecule has 4 N–H and O–H groups in total. The first-order valence-corrected chi connectivity index (χ1v) is 14.3. The highest BCUT2D eigenvalue weighted by Crippen LogP contribution is 2.31. The Balaban J connectivity index is 2.63. The lowest BCUT2D eigenvalue weighted by Crippen LogP contribution is -2.53. The van der Waals surface area contributed by atoms with E-state index in [1.807, 2.05) is 63.2 Å². The number of nitrogens with two attached hydrogens (primary N) is 1. The number of para-hydroxylation sites is 1. The van der Waals surface area contributed by atoms with E-state index < -0.39 is 35.6 Å². The molecule has 2 unspecified atom stereocenters. The van der Waals surface area contributed by atoms with Crippen LogP contribution in [0.15, 0.2) is 42.5 Å². The van der Waals surface area contributed by atoms with Gasteiger partial charge >= 0.3 is 6.09 Å². The van der Waals surface area contributed by atoms with Gasteiger partial charge < -0.3 is 26.0 Å². The molecule has 0 heterocycles. The highest BCUT2D eigenvalue weighted by atomic mass is 16.6. The van der Waals surface area contributed by atoms with Gasteiger partial charge in [-0.1, -0.05) is 56.2 Å². The van der Waals surface area contributed by atoms with Crippen molar-refractivity contribution in [2.24, 2.45) is 5.73 Å². The van der Waals surface area contributed by atoms with Gasteiger partial charge in [0.1, 0.15) is 17.7 Å². The third-order valence-electron chi connectivity index (χ3n) is 6.73. The Morgan fingerprint density at radius 3 is 2.10 bits per heavy atom. The number of primary amides is 1. The quantitative estimate of drug-likeness (QED) is 0.277. The minimum absolute atomic E-state index is 0.0312. The first-order valence-electron chi connectivity index (χ1n) is 14.3. The summed E-state index contributed by atoms with van der Waals surface area (Å²) in [6.07, 6.45) is 1.45. The number of nitrogens with zero attached hydrogens (tertiary/aromatic N) is 1. The van der Waals surface area contributed by atoms with Crippen LogP contribution in [0.1, 0.15) is 88.1 Å². The molecule has 2 aromatic carbocycles. The second kappa shape index (κ2) is 15.2. The molecule has 41 heavy (non-hydrogen) atoms. The summed E-state index contributed by atoms with van der Waals surface area (Å²) in [5, 5.41) is 5.67. The van der Waals surface area contributed by atoms with Crippen LogP contribution in [-0.4, -0.2) is 46.9 Å². The fraction of sp³-hybridized carbons (Fsp3) is 0.500. The van der Waals surface area contributed by atoms with Crippen LogP contribution in [0.25, 0.3) is 0 Å². The summed E-state index contributed by atoms with van der Waals surface area (Å²) >= 11 is 0. The lowest BCUT2D eigenvalue weighted by Gasteiger charge is -2.36. The number of amides is 4. The molecule has 9 heteroatoms. The number of hydrogen-bond donors (Lipinski definition) is 3. The van der Waals surface area contributed by atoms with E-state index in [9.17, 15) is 19.2 Å². The number of carbonyl (C=O) groups excluding carboxylic acids is 4. The molecular weight excluding hydrogens is 520 g/mol. The largest absolute Gasteiger partial charge is 0.444 e. The molecule has 2 rings (SSSR count). The number of rotatable bonds is 13. The van der Waals surface area contributed by atoms with Gasteiger partial charge in [0, 0.05) is 18.7 Å². The van der Waals surface area contributed by atoms with Crippen molar-refractivity contribution < 1.29 is 23.9 Å². The van der Waals surface area contributed by atoms with Gasteiger partial charge in [0.25, 0.3) is 5.91 Å². The van der Waals surface area contributed by atoms with Crippen molar-refractivity contribution in [3.63, 3.8) is 0 Å². The molecule has 0 saturated heterocycles. The molecule has 0 fully saturated rings. The van der Waals surface area contributed by atoms with Gasteiger partial charge in [-0.2, -0.15) is 0 Å². The summed E-state index contributed by atoms with van der Waals surface area (Å²) in [5.41, 5.74) is 8.58. The zero-order chi connectivity index (χ0) is 30.7. The van der Waals surface area contributed by atoms with Gasteiger partial charge in [-0.3, -0.25) is 14.4 Å². The summed E-state index contributed by atoms with van der Waals surface area (Å²) in [6.45, 7) is 13.2. The normalized spacial score (nSPS) is 12.7. The number of hydrogen-bond acceptors (Lipinski definition) is 5. The molecular formula is C32H46N4O5. The molecule has 0 aliphatic rings. The third kappa shape index (κ3) is 10.2. The van der Waals surface area contributed by atoms with Gasteiger partial charge in [-0.05, 0) is 82.7 Å². The molecule has 0 radical (unpaired) electrons. The molecule has 2 aromatic rings. The molecule has 0 saturated carbocycles. The van der Waals surface area contributed by atoms with Crippen molar-refractivity contribution >= 4 is 29.5 Å². The van der Waals surface area contributed by atoms with Gasteiger partial charge in [-0.15, -0.1) is 0 Å². The van der Waals surface area contributed by atoms with Crippen LogP contribution in [0, 0.1) is 20.8 Å². The van der Waals surface area contributed by atoms with E-state index in [-0.39, 0.29) is 25.3 Å². The molecule has 0 bridgehead atoms. The van der Waals surface area contributed by atoms with Crippen molar-refractivity contribution in [3.8, 4) is 0 Å². The zero-order valence-electron chi connectivity index (χ0n) is 25.5. The highest BCUT2D eigenvalue weighted by molar-refractivity contribution is 6.00. The maximum atomic E-state index is 14.3. The van der Waals surface area contributed by atoms with Gasteiger partial charge in [0.05, 0.1) is 0 Å². The molecule has 224 valence electrons. The van der Waals surface area contributed by atoms with Crippen LogP contribution in [0.5, 0.6) is 0 Å². The first kappa shape index (κ1) is 33.3. The van der Waals surface area contributed by atoms with E-state index in [1.165, 1.54) is 4.90 Å². The van der Waals surface area contributed by atoms with Crippen LogP contribution < -0.4 is 16.4 Å². The van der Waals surface area contributed by atoms with E-state index in [1.54, 1.807) is 20.8 Å². The van der Waals surface area contributed by atoms with Crippen LogP contribution in [0.4, 0.5) is 10.5 Å². The SMILES string of the molecule is CCCCCN(C(=O)C(CCC(N)=O)NC(=O)OC(C)(C)C)C(C(=O)Nc1ccccc1C)c1c(C)cccc1C. The van der Waals surface area contributed by atoms with E-state index >= 15 is 0 Å². The Kier molecular flexibility index (Phi) is 12.4. The number of ether oxygens (including phenoxy) is 1. The molecule has 4 amide bonds. The number of aryl methyl sites for hydroxylation is 3. The predicted molar refractivity (Wildman–Crippen MR) is 161 cm³/mol. The second-order valence-electron chi connectivity index (χ2n) is 11.5. The fourth-order valence-electron chi connectivity index (χ4n) is 4.69. The minimum atomic E-state index is -1.13. The molecule has 0 aliphatic heterocycles. The first-order chi connectivity index (χ1) is 19.2. The molecule has 9 nitrogen and oxygen atoms in total. The molecule has 0 spiro atoms. The van der Waals surface area contributed by atoms with Gasteiger partial charge in [0.2, 0.25) is 11.8 Å². The summed E-state index contributed by atoms with van der Waals surface area (Å²) in [4.78, 5) is 54.5. The highest BCUT2D eigenvalue weighted by Gasteiger charge is 2.37. The van der Waals surface area contributed by atoms with Crippen molar-refractivity contribution in [2.45, 2.75) is 98.3 Å². The number of anilines is 1. The lowest BCUT2D eigenvalue weighted by atomic mass is 9.93. The van der Waals surface area contributed by atoms with Crippen molar-refractivity contribution in [1.29, 1.82) is 0 Å². The number of nitrogens with one attached hydrogen (secondary N) is 2. The van der Waals surface area contributed by atoms with Gasteiger partial charge in [0.15, 0.2) is 0 Å². The van der Waals surface area contributed by atoms with Crippen LogP contribution in [0.3, 0.4) is 0 Å². The summed E-state index contributed by atoms with van der Waals surface area (Å²) in [6, 6.07) is 11.1. The average Bonchev–Trinajstić information content (AvgIpc) is 2.87. The van der Waals surface area contributed by atoms with E-state index in [4.69, 9.17) is 10.5 Å². The zero-order valence-corrected chi connectivity index (χ0v) is 25.5. The number of alkyl carbamates (subject to hydrolysis) is 1. The van der Waals surface area contributed by atoms with E-state index in [2.05, 4.69) is 17.6 Å². The molecule has 0 aliphatic carbocycles. The Morgan fingerprint density at radius 2 is 1.54 bits per heavy atom. The van der Waals surface area contributed by atoms with Crippen molar-refractivity contribution in [1.82, 2.24) is 10.2 Å². The van der Waals surface area contributed by atoms with Crippen molar-refractivity contribution in [3.05, 3.63) is 64.7 Å². The van der Waals surface area contributed by atoms with Gasteiger partial charge in [-0.25, -0.2) is 4.79 Å². The topological polar surface area (TPSA) is 131 Å². The summed E-state index contributed by atoms with van der Waals surface area (Å²) in [5.74, 6) is -1.46. The maximum absolute atomic E-state index is 14.3. The second-order valence-corrected chi connectivity index (χ2v) is 11.5. The Morgan fingerprint density at radius 1 is 0.927 bits per heavy atom. The fourth-order valence-corrected chi connectivity index (χ4v) is 4.69. The van der Waals surface area contributed by atoms with E-state index in [0.29, 0.717) is 17.7 Å². The van der Waals surface area contributed by atoms with Crippen molar-refractivity contribution in [2.75, 3.05) is 11.9 Å². The standard InChI is InChI=1S/C32H46N4O5/c1-8-9-12-20-36(30(39)25(18-19-26(33)37)35-31(40)41-32(5,6)7)28(27-22(3)15-13-16-23(27)4)29(38)34-24-17-11-10-14-21(24)2/h10-11,13-17,25,28H,8-9,12,18-20H2,1-7H3,(H2,33,37)(H,34,38)(H,35,40). The molecule has 2 atom stereocenters. The van der Waals surface area contributed by atoms with Crippen LogP contribution >= 0.6 is 0 Å². The number of unbranched alkanes of at least 4 members (excludes halogenated alkanes) is 2. The smallest absolute Gasteiger partial charge is 0.408 e. The maximum Gasteiger partial charge on any atom is 0.408 e. The number of carbonyl (C=O) groups is 4. The summed E-state index contributed by atoms with van der Waals surface area (Å²) in [7, 11) is 0. The van der Waals surface area contributed by atoms with Crippen LogP contribution in [0.2, 0.25) is 0 Å². The number of benzene rings is 2. The minimum Gasteiger partial charge on any atom is -0.444 e.